The zero-order valence-electron chi connectivity index (χ0n) is 10.1. The molecule has 0 N–H and O–H groups in total. The van der Waals surface area contributed by atoms with Crippen molar-refractivity contribution in [2.75, 3.05) is 7.11 Å². The van der Waals surface area contributed by atoms with E-state index in [1.165, 1.54) is 23.6 Å². The van der Waals surface area contributed by atoms with Gasteiger partial charge in [-0.25, -0.2) is 17.6 Å². The minimum Gasteiger partial charge on any atom is -0.465 e. The quantitative estimate of drug-likeness (QED) is 0.638. The van der Waals surface area contributed by atoms with E-state index in [0.717, 1.165) is 24.5 Å². The maximum atomic E-state index is 13.2. The highest BCUT2D eigenvalue weighted by molar-refractivity contribution is 8.14. The molecule has 0 radical (unpaired) electrons. The molecule has 0 amide bonds. The Labute approximate surface area is 123 Å². The zero-order valence-corrected chi connectivity index (χ0v) is 12.5. The van der Waals surface area contributed by atoms with Gasteiger partial charge in [0.1, 0.15) is 15.6 Å². The second-order valence-corrected chi connectivity index (χ2v) is 7.13. The first-order valence-electron chi connectivity index (χ1n) is 5.25. The lowest BCUT2D eigenvalue weighted by Crippen LogP contribution is -2.04. The van der Waals surface area contributed by atoms with Gasteiger partial charge in [-0.3, -0.25) is 0 Å². The fourth-order valence-electron chi connectivity index (χ4n) is 1.68. The molecule has 0 bridgehead atoms. The molecule has 0 aliphatic rings. The van der Waals surface area contributed by atoms with E-state index < -0.39 is 20.8 Å². The van der Waals surface area contributed by atoms with E-state index in [0.29, 0.717) is 5.56 Å². The number of benzene rings is 1. The van der Waals surface area contributed by atoms with Crippen LogP contribution >= 0.6 is 22.0 Å². The van der Waals surface area contributed by atoms with Crippen molar-refractivity contribution >= 4 is 37.0 Å². The predicted molar refractivity (Wildman–Crippen MR) is 74.1 cm³/mol. The number of esters is 1. The molecule has 8 heteroatoms. The van der Waals surface area contributed by atoms with Gasteiger partial charge in [0.15, 0.2) is 0 Å². The van der Waals surface area contributed by atoms with Crippen LogP contribution in [0.25, 0.3) is 11.1 Å². The van der Waals surface area contributed by atoms with Gasteiger partial charge >= 0.3 is 5.97 Å². The van der Waals surface area contributed by atoms with Gasteiger partial charge in [-0.1, -0.05) is 12.1 Å². The molecule has 0 aliphatic heterocycles. The maximum Gasteiger partial charge on any atom is 0.349 e. The molecule has 1 aromatic heterocycles. The van der Waals surface area contributed by atoms with Crippen molar-refractivity contribution < 1.29 is 22.3 Å². The molecule has 0 fully saturated rings. The SMILES string of the molecule is COC(=O)c1scc(-c2cccc(F)c2)c1S(=O)(=O)Cl. The van der Waals surface area contributed by atoms with Crippen LogP contribution in [0.5, 0.6) is 0 Å². The topological polar surface area (TPSA) is 60.4 Å². The number of carbonyl (C=O) groups excluding carboxylic acids is 1. The van der Waals surface area contributed by atoms with Crippen LogP contribution in [0.4, 0.5) is 4.39 Å². The molecule has 0 saturated heterocycles. The second kappa shape index (κ2) is 5.51. The molecule has 1 heterocycles. The van der Waals surface area contributed by atoms with Gasteiger partial charge in [-0.15, -0.1) is 11.3 Å². The maximum absolute atomic E-state index is 13.2. The molecule has 4 nitrogen and oxygen atoms in total. The summed E-state index contributed by atoms with van der Waals surface area (Å²) in [5, 5.41) is 1.43. The highest BCUT2D eigenvalue weighted by atomic mass is 35.7. The fraction of sp³-hybridized carbons (Fsp3) is 0.0833. The number of carbonyl (C=O) groups is 1. The summed E-state index contributed by atoms with van der Waals surface area (Å²) >= 11 is 0.876. The van der Waals surface area contributed by atoms with Crippen molar-refractivity contribution in [3.8, 4) is 11.1 Å². The highest BCUT2D eigenvalue weighted by Crippen LogP contribution is 2.37. The summed E-state index contributed by atoms with van der Waals surface area (Å²) in [5.41, 5.74) is 0.487. The third kappa shape index (κ3) is 2.84. The van der Waals surface area contributed by atoms with Crippen LogP contribution < -0.4 is 0 Å². The standard InChI is InChI=1S/C12H8ClFO4S2/c1-18-12(15)10-11(20(13,16)17)9(6-19-10)7-3-2-4-8(14)5-7/h2-6H,1H3. The van der Waals surface area contributed by atoms with Crippen molar-refractivity contribution in [2.24, 2.45) is 0 Å². The smallest absolute Gasteiger partial charge is 0.349 e. The highest BCUT2D eigenvalue weighted by Gasteiger charge is 2.28. The first kappa shape index (κ1) is 15.0. The average Bonchev–Trinajstić information content (AvgIpc) is 2.82. The van der Waals surface area contributed by atoms with Crippen LogP contribution in [-0.4, -0.2) is 21.5 Å². The lowest BCUT2D eigenvalue weighted by atomic mass is 10.1. The van der Waals surface area contributed by atoms with Gasteiger partial charge in [-0.05, 0) is 17.7 Å². The molecule has 0 spiro atoms. The van der Waals surface area contributed by atoms with Crippen LogP contribution in [-0.2, 0) is 13.8 Å². The Hall–Kier alpha value is -1.44. The number of halogens is 2. The number of thiophene rings is 1. The van der Waals surface area contributed by atoms with Crippen LogP contribution in [0.3, 0.4) is 0 Å². The lowest BCUT2D eigenvalue weighted by Gasteiger charge is -2.04. The minimum atomic E-state index is -4.18. The average molecular weight is 335 g/mol. The Bertz CT molecular complexity index is 768. The summed E-state index contributed by atoms with van der Waals surface area (Å²) in [6.07, 6.45) is 0. The van der Waals surface area contributed by atoms with Crippen molar-refractivity contribution in [3.05, 3.63) is 40.3 Å². The number of hydrogen-bond donors (Lipinski definition) is 0. The molecule has 0 aliphatic carbocycles. The molecular weight excluding hydrogens is 327 g/mol. The van der Waals surface area contributed by atoms with Crippen molar-refractivity contribution in [3.63, 3.8) is 0 Å². The summed E-state index contributed by atoms with van der Waals surface area (Å²) in [6.45, 7) is 0. The Balaban J connectivity index is 2.73. The molecule has 2 rings (SSSR count). The number of rotatable bonds is 3. The van der Waals surface area contributed by atoms with Crippen molar-refractivity contribution in [1.29, 1.82) is 0 Å². The number of methoxy groups -OCH3 is 1. The number of hydrogen-bond acceptors (Lipinski definition) is 5. The zero-order chi connectivity index (χ0) is 14.9. The Morgan fingerprint density at radius 2 is 2.10 bits per heavy atom. The van der Waals surface area contributed by atoms with Crippen molar-refractivity contribution in [1.82, 2.24) is 0 Å². The van der Waals surface area contributed by atoms with Gasteiger partial charge in [0.25, 0.3) is 9.05 Å². The van der Waals surface area contributed by atoms with E-state index in [4.69, 9.17) is 10.7 Å². The fourth-order valence-corrected chi connectivity index (χ4v) is 4.47. The Morgan fingerprint density at radius 1 is 1.40 bits per heavy atom. The summed E-state index contributed by atoms with van der Waals surface area (Å²) in [4.78, 5) is 11.1. The van der Waals surface area contributed by atoms with E-state index in [2.05, 4.69) is 4.74 Å². The summed E-state index contributed by atoms with van der Waals surface area (Å²) in [5.74, 6) is -1.33. The third-order valence-corrected chi connectivity index (χ3v) is 4.96. The Kier molecular flexibility index (Phi) is 4.12. The van der Waals surface area contributed by atoms with E-state index in [-0.39, 0.29) is 15.3 Å². The van der Waals surface area contributed by atoms with E-state index in [1.807, 2.05) is 0 Å². The predicted octanol–water partition coefficient (Wildman–Crippen LogP) is 3.27. The molecule has 20 heavy (non-hydrogen) atoms. The van der Waals surface area contributed by atoms with Gasteiger partial charge in [0.05, 0.1) is 7.11 Å². The molecule has 0 saturated carbocycles. The normalized spacial score (nSPS) is 11.3. The molecule has 0 unspecified atom stereocenters. The molecule has 2 aromatic rings. The van der Waals surface area contributed by atoms with Crippen LogP contribution in [0, 0.1) is 5.82 Å². The van der Waals surface area contributed by atoms with E-state index >= 15 is 0 Å². The van der Waals surface area contributed by atoms with E-state index in [9.17, 15) is 17.6 Å². The van der Waals surface area contributed by atoms with Crippen LogP contribution in [0.1, 0.15) is 9.67 Å². The minimum absolute atomic E-state index is 0.137. The third-order valence-electron chi connectivity index (χ3n) is 2.50. The van der Waals surface area contributed by atoms with Gasteiger partial charge in [-0.2, -0.15) is 0 Å². The first-order chi connectivity index (χ1) is 9.34. The van der Waals surface area contributed by atoms with Crippen LogP contribution in [0.15, 0.2) is 34.5 Å². The van der Waals surface area contributed by atoms with Gasteiger partial charge in [0, 0.05) is 21.6 Å². The molecule has 1 aromatic carbocycles. The Morgan fingerprint density at radius 3 is 2.65 bits per heavy atom. The lowest BCUT2D eigenvalue weighted by molar-refractivity contribution is 0.0602. The van der Waals surface area contributed by atoms with Crippen LogP contribution in [0.2, 0.25) is 0 Å². The second-order valence-electron chi connectivity index (χ2n) is 3.75. The summed E-state index contributed by atoms with van der Waals surface area (Å²) in [7, 11) is 2.33. The van der Waals surface area contributed by atoms with Gasteiger partial charge in [0.2, 0.25) is 0 Å². The monoisotopic (exact) mass is 334 g/mol. The number of ether oxygens (including phenoxy) is 1. The largest absolute Gasteiger partial charge is 0.465 e. The van der Waals surface area contributed by atoms with Crippen molar-refractivity contribution in [2.45, 2.75) is 4.90 Å². The summed E-state index contributed by atoms with van der Waals surface area (Å²) in [6, 6.07) is 5.35. The van der Waals surface area contributed by atoms with Gasteiger partial charge < -0.3 is 4.74 Å². The molecular formula is C12H8ClFO4S2. The molecule has 0 atom stereocenters. The first-order valence-corrected chi connectivity index (χ1v) is 8.44. The molecule has 106 valence electrons. The summed E-state index contributed by atoms with van der Waals surface area (Å²) < 4.78 is 41.1. The van der Waals surface area contributed by atoms with E-state index in [1.54, 1.807) is 0 Å².